The molecule has 0 amide bonds. The molecule has 0 N–H and O–H groups in total. The Labute approximate surface area is 170 Å². The minimum Gasteiger partial charge on any atom is -0.298 e. The van der Waals surface area contributed by atoms with Crippen LogP contribution in [-0.4, -0.2) is 23.0 Å². The fourth-order valence-electron chi connectivity index (χ4n) is 3.14. The number of hydrogen-bond donors (Lipinski definition) is 0. The molecule has 0 aliphatic carbocycles. The molecule has 4 heteroatoms. The van der Waals surface area contributed by atoms with E-state index >= 15 is 0 Å². The van der Waals surface area contributed by atoms with Crippen molar-refractivity contribution in [1.82, 2.24) is 9.97 Å². The first-order chi connectivity index (χ1) is 13.1. The lowest BCUT2D eigenvalue weighted by Crippen LogP contribution is -2.30. The van der Waals surface area contributed by atoms with Crippen LogP contribution in [0, 0.1) is 13.8 Å². The van der Waals surface area contributed by atoms with Crippen molar-refractivity contribution in [3.8, 4) is 11.1 Å². The zero-order valence-corrected chi connectivity index (χ0v) is 18.1. The number of Topliss-reactive ketones (excluding diaryl/α,β-unsaturated/α-hetero) is 1. The molecule has 0 aliphatic heterocycles. The number of aromatic nitrogens is 2. The van der Waals surface area contributed by atoms with E-state index in [1.54, 1.807) is 0 Å². The smallest absolute Gasteiger partial charge is 0.146 e. The Bertz CT molecular complexity index is 909. The van der Waals surface area contributed by atoms with Gasteiger partial charge in [-0.25, -0.2) is 9.97 Å². The molecule has 3 nitrogen and oxygen atoms in total. The van der Waals surface area contributed by atoms with Crippen molar-refractivity contribution in [3.05, 3.63) is 70.7 Å². The highest BCUT2D eigenvalue weighted by Crippen LogP contribution is 2.32. The largest absolute Gasteiger partial charge is 0.298 e. The summed E-state index contributed by atoms with van der Waals surface area (Å²) in [7, 11) is 2.06. The van der Waals surface area contributed by atoms with Crippen LogP contribution in [0.1, 0.15) is 51.1 Å². The molecule has 0 unspecified atom stereocenters. The quantitative estimate of drug-likeness (QED) is 0.469. The summed E-state index contributed by atoms with van der Waals surface area (Å²) in [6, 6.07) is 6.24. The predicted octanol–water partition coefficient (Wildman–Crippen LogP) is 5.60. The van der Waals surface area contributed by atoms with E-state index < -0.39 is 5.41 Å². The molecule has 2 rings (SSSR count). The number of rotatable bonds is 7. The average Bonchev–Trinajstić information content (AvgIpc) is 2.66. The molecule has 0 bridgehead atoms. The first-order valence-corrected chi connectivity index (χ1v) is 9.72. The van der Waals surface area contributed by atoms with Gasteiger partial charge < -0.3 is 0 Å². The molecule has 145 valence electrons. The number of carbonyl (C=O) groups is 1. The van der Waals surface area contributed by atoms with E-state index in [9.17, 15) is 4.79 Å². The van der Waals surface area contributed by atoms with Gasteiger partial charge in [0.25, 0.3) is 0 Å². The first-order valence-electron chi connectivity index (χ1n) is 9.72. The van der Waals surface area contributed by atoms with Gasteiger partial charge in [-0.15, -0.1) is 5.47 Å². The molecule has 1 aromatic carbocycles. The van der Waals surface area contributed by atoms with Crippen LogP contribution in [0.4, 0.5) is 0 Å². The normalized spacial score (nSPS) is 12.8. The van der Waals surface area contributed by atoms with Crippen LogP contribution in [0.5, 0.6) is 0 Å². The maximum absolute atomic E-state index is 13.0. The van der Waals surface area contributed by atoms with Gasteiger partial charge in [0.05, 0.1) is 0 Å². The van der Waals surface area contributed by atoms with Crippen LogP contribution < -0.4 is 0 Å². The maximum atomic E-state index is 13.0. The van der Waals surface area contributed by atoms with Crippen molar-refractivity contribution in [3.63, 3.8) is 0 Å². The lowest BCUT2D eigenvalue weighted by molar-refractivity contribution is -0.122. The summed E-state index contributed by atoms with van der Waals surface area (Å²) in [6.45, 7) is 14.1. The van der Waals surface area contributed by atoms with Crippen LogP contribution in [0.25, 0.3) is 11.1 Å². The fraction of sp³-hybridized carbons (Fsp3) is 0.375. The van der Waals surface area contributed by atoms with Crippen molar-refractivity contribution in [2.45, 2.75) is 60.2 Å². The number of hydrogen-bond acceptors (Lipinski definition) is 3. The molecule has 0 spiro atoms. The van der Waals surface area contributed by atoms with E-state index in [4.69, 9.17) is 0 Å². The second kappa shape index (κ2) is 9.14. The van der Waals surface area contributed by atoms with E-state index in [0.717, 1.165) is 33.7 Å². The summed E-state index contributed by atoms with van der Waals surface area (Å²) in [6.07, 6.45) is 8.22. The average molecular weight is 373 g/mol. The van der Waals surface area contributed by atoms with E-state index in [2.05, 4.69) is 55.4 Å². The summed E-state index contributed by atoms with van der Waals surface area (Å²) in [5, 5.41) is 0. The maximum Gasteiger partial charge on any atom is 0.146 e. The van der Waals surface area contributed by atoms with Gasteiger partial charge in [-0.05, 0) is 51.3 Å². The van der Waals surface area contributed by atoms with E-state index in [-0.39, 0.29) is 5.78 Å². The van der Waals surface area contributed by atoms with Gasteiger partial charge >= 0.3 is 0 Å². The summed E-state index contributed by atoms with van der Waals surface area (Å²) in [5.41, 5.74) is 5.94. The third kappa shape index (κ3) is 5.28. The number of nitrogens with zero attached hydrogens (tertiary/aromatic N) is 2. The number of aryl methyl sites for hydroxylation is 2. The van der Waals surface area contributed by atoms with Crippen molar-refractivity contribution in [1.29, 1.82) is 0 Å². The Morgan fingerprint density at radius 1 is 1.07 bits per heavy atom. The van der Waals surface area contributed by atoms with E-state index in [1.807, 2.05) is 53.0 Å². The molecule has 0 atom stereocenters. The second-order valence-corrected chi connectivity index (χ2v) is 7.99. The van der Waals surface area contributed by atoms with Crippen LogP contribution in [-0.2, 0) is 10.2 Å². The number of benzene rings is 1. The number of ketones is 1. The highest BCUT2D eigenvalue weighted by molar-refractivity contribution is 6.43. The zero-order valence-electron chi connectivity index (χ0n) is 18.1. The van der Waals surface area contributed by atoms with Gasteiger partial charge in [0.2, 0.25) is 0 Å². The predicted molar refractivity (Wildman–Crippen MR) is 119 cm³/mol. The molecule has 0 fully saturated rings. The lowest BCUT2D eigenvalue weighted by atomic mass is 9.73. The van der Waals surface area contributed by atoms with E-state index in [1.165, 1.54) is 5.47 Å². The Hall–Kier alpha value is -2.49. The highest BCUT2D eigenvalue weighted by Gasteiger charge is 2.30. The Morgan fingerprint density at radius 3 is 2.29 bits per heavy atom. The van der Waals surface area contributed by atoms with Gasteiger partial charge in [0.15, 0.2) is 0 Å². The van der Waals surface area contributed by atoms with E-state index in [0.29, 0.717) is 6.42 Å². The van der Waals surface area contributed by atoms with Crippen LogP contribution in [0.15, 0.2) is 53.8 Å². The zero-order chi connectivity index (χ0) is 20.9. The minimum atomic E-state index is -0.545. The van der Waals surface area contributed by atoms with Gasteiger partial charge in [0.1, 0.15) is 18.9 Å². The highest BCUT2D eigenvalue weighted by atomic mass is 16.1. The van der Waals surface area contributed by atoms with Crippen LogP contribution in [0.3, 0.4) is 0 Å². The molecular weight excluding hydrogens is 343 g/mol. The molecule has 0 aliphatic rings. The van der Waals surface area contributed by atoms with Gasteiger partial charge in [-0.3, -0.25) is 4.79 Å². The third-order valence-electron chi connectivity index (χ3n) is 5.24. The first kappa shape index (κ1) is 21.8. The second-order valence-electron chi connectivity index (χ2n) is 7.99. The molecule has 1 aromatic heterocycles. The summed E-state index contributed by atoms with van der Waals surface area (Å²) < 4.78 is 0. The molecule has 0 saturated carbocycles. The fourth-order valence-corrected chi connectivity index (χ4v) is 3.14. The van der Waals surface area contributed by atoms with Crippen molar-refractivity contribution >= 4 is 13.1 Å². The molecule has 28 heavy (non-hydrogen) atoms. The summed E-state index contributed by atoms with van der Waals surface area (Å²) in [4.78, 5) is 21.6. The van der Waals surface area contributed by atoms with Gasteiger partial charge in [-0.1, -0.05) is 49.7 Å². The van der Waals surface area contributed by atoms with Crippen LogP contribution >= 0.6 is 0 Å². The topological polar surface area (TPSA) is 42.9 Å². The molecule has 0 saturated heterocycles. The van der Waals surface area contributed by atoms with Crippen molar-refractivity contribution in [2.24, 2.45) is 0 Å². The minimum absolute atomic E-state index is 0.224. The Morgan fingerprint density at radius 2 is 1.71 bits per heavy atom. The summed E-state index contributed by atoms with van der Waals surface area (Å²) >= 11 is 0. The number of allylic oxidation sites excluding steroid dienone is 4. The van der Waals surface area contributed by atoms with Crippen molar-refractivity contribution < 1.29 is 4.79 Å². The molecule has 1 heterocycles. The van der Waals surface area contributed by atoms with Gasteiger partial charge in [-0.2, -0.15) is 0 Å². The number of carbonyl (C=O) groups excluding carboxylic acids is 1. The standard InChI is InChI=1S/C24H30BN2O/c1-16(8-9-18(3)25-7)12-23(28)24(5,6)22-11-10-20(13-17(22)2)21-14-26-19(4)27-15-21/h8-11,13-15H,12H2,1-7H3/b16-8+,18-9-. The van der Waals surface area contributed by atoms with Crippen LogP contribution in [0.2, 0.25) is 6.82 Å². The van der Waals surface area contributed by atoms with Gasteiger partial charge in [0, 0.05) is 29.8 Å². The molecule has 1 radical (unpaired) electrons. The van der Waals surface area contributed by atoms with Crippen molar-refractivity contribution in [2.75, 3.05) is 0 Å². The molecule has 2 aromatic rings. The molecular formula is C24H30BN2O. The Balaban J connectivity index is 2.24. The lowest BCUT2D eigenvalue weighted by Gasteiger charge is -2.26. The summed E-state index contributed by atoms with van der Waals surface area (Å²) in [5.74, 6) is 0.983. The Kier molecular flexibility index (Phi) is 7.12. The monoisotopic (exact) mass is 373 g/mol. The SMILES string of the molecule is C[B]/C(C)=C\C=C(/C)CC(=O)C(C)(C)c1ccc(-c2cnc(C)nc2)cc1C. The third-order valence-corrected chi connectivity index (χ3v) is 5.24.